The molecule has 0 bridgehead atoms. The second-order valence-corrected chi connectivity index (χ2v) is 11.6. The van der Waals surface area contributed by atoms with Gasteiger partial charge in [0, 0.05) is 32.2 Å². The van der Waals surface area contributed by atoms with Gasteiger partial charge in [-0.1, -0.05) is 32.4 Å². The SMILES string of the molecule is CC(C)c1ccc(S(=O)(=O)N2C[C@@H](C3CC3)N=C2N2CCN(C3CCC3)CC2)cc1. The van der Waals surface area contributed by atoms with Crippen molar-refractivity contribution in [2.45, 2.75) is 68.8 Å². The zero-order chi connectivity index (χ0) is 20.9. The second kappa shape index (κ2) is 7.83. The fourth-order valence-electron chi connectivity index (χ4n) is 4.88. The molecular formula is C23H34N4O2S. The zero-order valence-electron chi connectivity index (χ0n) is 18.2. The van der Waals surface area contributed by atoms with E-state index in [9.17, 15) is 8.42 Å². The van der Waals surface area contributed by atoms with Crippen LogP contribution in [0.15, 0.2) is 34.2 Å². The molecule has 0 aromatic heterocycles. The summed E-state index contributed by atoms with van der Waals surface area (Å²) in [5, 5.41) is 0. The van der Waals surface area contributed by atoms with Crippen LogP contribution in [0.5, 0.6) is 0 Å². The van der Waals surface area contributed by atoms with Crippen LogP contribution in [0.25, 0.3) is 0 Å². The van der Waals surface area contributed by atoms with Crippen LogP contribution in [0, 0.1) is 5.92 Å². The molecule has 1 saturated heterocycles. The quantitative estimate of drug-likeness (QED) is 0.720. The highest BCUT2D eigenvalue weighted by Crippen LogP contribution is 2.38. The monoisotopic (exact) mass is 430 g/mol. The van der Waals surface area contributed by atoms with Crippen molar-refractivity contribution in [3.63, 3.8) is 0 Å². The number of piperazine rings is 1. The van der Waals surface area contributed by atoms with Gasteiger partial charge in [0.25, 0.3) is 10.0 Å². The standard InChI is InChI=1S/C23H34N4O2S/c1-17(2)18-8-10-21(11-9-18)30(28,29)27-16-22(19-6-7-19)24-23(27)26-14-12-25(13-15-26)20-4-3-5-20/h8-11,17,19-20,22H,3-7,12-16H2,1-2H3/t22-/m0/s1. The Kier molecular flexibility index (Phi) is 5.30. The predicted octanol–water partition coefficient (Wildman–Crippen LogP) is 3.12. The van der Waals surface area contributed by atoms with E-state index in [-0.39, 0.29) is 6.04 Å². The normalized spacial score (nSPS) is 26.2. The lowest BCUT2D eigenvalue weighted by Crippen LogP contribution is -2.56. The molecule has 3 fully saturated rings. The first-order valence-electron chi connectivity index (χ1n) is 11.6. The summed E-state index contributed by atoms with van der Waals surface area (Å²) in [5.74, 6) is 1.63. The van der Waals surface area contributed by atoms with Crippen LogP contribution >= 0.6 is 0 Å². The molecule has 2 heterocycles. The van der Waals surface area contributed by atoms with Gasteiger partial charge in [-0.25, -0.2) is 17.7 Å². The zero-order valence-corrected chi connectivity index (χ0v) is 19.0. The van der Waals surface area contributed by atoms with Gasteiger partial charge in [0.05, 0.1) is 17.5 Å². The topological polar surface area (TPSA) is 56.2 Å². The Morgan fingerprint density at radius 3 is 2.17 bits per heavy atom. The van der Waals surface area contributed by atoms with Crippen LogP contribution in [0.2, 0.25) is 0 Å². The molecule has 6 nitrogen and oxygen atoms in total. The van der Waals surface area contributed by atoms with Gasteiger partial charge < -0.3 is 4.90 Å². The van der Waals surface area contributed by atoms with E-state index >= 15 is 0 Å². The van der Waals surface area contributed by atoms with Crippen molar-refractivity contribution in [3.8, 4) is 0 Å². The van der Waals surface area contributed by atoms with E-state index in [0.29, 0.717) is 29.2 Å². The third-order valence-electron chi connectivity index (χ3n) is 7.35. The maximum Gasteiger partial charge on any atom is 0.266 e. The number of hydrogen-bond acceptors (Lipinski definition) is 5. The first-order valence-corrected chi connectivity index (χ1v) is 13.1. The van der Waals surface area contributed by atoms with Crippen molar-refractivity contribution in [1.29, 1.82) is 0 Å². The molecule has 2 saturated carbocycles. The van der Waals surface area contributed by atoms with E-state index in [1.807, 2.05) is 12.1 Å². The first kappa shape index (κ1) is 20.3. The largest absolute Gasteiger partial charge is 0.339 e. The van der Waals surface area contributed by atoms with Crippen LogP contribution in [0.1, 0.15) is 57.4 Å². The van der Waals surface area contributed by atoms with Gasteiger partial charge in [0.15, 0.2) is 0 Å². The summed E-state index contributed by atoms with van der Waals surface area (Å²) < 4.78 is 28.8. The third kappa shape index (κ3) is 3.75. The Labute approximate surface area is 181 Å². The fourth-order valence-corrected chi connectivity index (χ4v) is 6.34. The number of rotatable bonds is 5. The number of guanidine groups is 1. The minimum absolute atomic E-state index is 0.120. The van der Waals surface area contributed by atoms with E-state index in [2.05, 4.69) is 23.6 Å². The molecule has 0 spiro atoms. The molecule has 2 aliphatic heterocycles. The van der Waals surface area contributed by atoms with E-state index in [4.69, 9.17) is 4.99 Å². The predicted molar refractivity (Wildman–Crippen MR) is 119 cm³/mol. The maximum atomic E-state index is 13.6. The van der Waals surface area contributed by atoms with E-state index in [1.54, 1.807) is 16.4 Å². The van der Waals surface area contributed by atoms with Crippen LogP contribution in [0.4, 0.5) is 0 Å². The van der Waals surface area contributed by atoms with Crippen LogP contribution in [0.3, 0.4) is 0 Å². The summed E-state index contributed by atoms with van der Waals surface area (Å²) in [5.41, 5.74) is 1.16. The average Bonchev–Trinajstić information content (AvgIpc) is 3.45. The van der Waals surface area contributed by atoms with Gasteiger partial charge in [-0.05, 0) is 55.2 Å². The Balaban J connectivity index is 1.36. The van der Waals surface area contributed by atoms with Crippen LogP contribution in [-0.2, 0) is 10.0 Å². The van der Waals surface area contributed by atoms with Gasteiger partial charge >= 0.3 is 0 Å². The van der Waals surface area contributed by atoms with Crippen molar-refractivity contribution in [3.05, 3.63) is 29.8 Å². The maximum absolute atomic E-state index is 13.6. The van der Waals surface area contributed by atoms with Gasteiger partial charge in [0.2, 0.25) is 5.96 Å². The summed E-state index contributed by atoms with van der Waals surface area (Å²) in [7, 11) is -3.59. The van der Waals surface area contributed by atoms with Crippen LogP contribution < -0.4 is 0 Å². The lowest BCUT2D eigenvalue weighted by atomic mass is 9.91. The number of hydrogen-bond donors (Lipinski definition) is 0. The fraction of sp³-hybridized carbons (Fsp3) is 0.696. The minimum Gasteiger partial charge on any atom is -0.339 e. The second-order valence-electron chi connectivity index (χ2n) is 9.70. The molecule has 164 valence electrons. The molecule has 0 unspecified atom stereocenters. The van der Waals surface area contributed by atoms with E-state index < -0.39 is 10.0 Å². The first-order chi connectivity index (χ1) is 14.4. The van der Waals surface area contributed by atoms with Crippen molar-refractivity contribution < 1.29 is 8.42 Å². The van der Waals surface area contributed by atoms with Crippen molar-refractivity contribution in [2.24, 2.45) is 10.9 Å². The number of benzene rings is 1. The Bertz CT molecular complexity index is 896. The molecule has 1 atom stereocenters. The lowest BCUT2D eigenvalue weighted by Gasteiger charge is -2.44. The molecule has 30 heavy (non-hydrogen) atoms. The van der Waals surface area contributed by atoms with E-state index in [1.165, 1.54) is 32.1 Å². The van der Waals surface area contributed by atoms with Gasteiger partial charge in [-0.3, -0.25) is 4.90 Å². The molecule has 0 N–H and O–H groups in total. The Hall–Kier alpha value is -1.60. The molecule has 0 amide bonds. The van der Waals surface area contributed by atoms with Gasteiger partial charge in [0.1, 0.15) is 0 Å². The van der Waals surface area contributed by atoms with E-state index in [0.717, 1.165) is 37.8 Å². The van der Waals surface area contributed by atoms with Crippen LogP contribution in [-0.4, -0.2) is 73.3 Å². The average molecular weight is 431 g/mol. The summed E-state index contributed by atoms with van der Waals surface area (Å²) in [6.45, 7) is 8.49. The van der Waals surface area contributed by atoms with Gasteiger partial charge in [-0.15, -0.1) is 0 Å². The van der Waals surface area contributed by atoms with Gasteiger partial charge in [-0.2, -0.15) is 0 Å². The summed E-state index contributed by atoms with van der Waals surface area (Å²) in [6.07, 6.45) is 6.33. The Morgan fingerprint density at radius 1 is 0.967 bits per heavy atom. The number of sulfonamides is 1. The van der Waals surface area contributed by atoms with Crippen molar-refractivity contribution in [1.82, 2.24) is 14.1 Å². The Morgan fingerprint density at radius 2 is 1.63 bits per heavy atom. The highest BCUT2D eigenvalue weighted by Gasteiger charge is 2.44. The molecule has 1 aromatic carbocycles. The summed E-state index contributed by atoms with van der Waals surface area (Å²) >= 11 is 0. The minimum atomic E-state index is -3.59. The summed E-state index contributed by atoms with van der Waals surface area (Å²) in [4.78, 5) is 10.1. The molecule has 1 aromatic rings. The molecule has 5 rings (SSSR count). The molecule has 7 heteroatoms. The molecule has 0 radical (unpaired) electrons. The van der Waals surface area contributed by atoms with Crippen molar-refractivity contribution in [2.75, 3.05) is 32.7 Å². The molecular weight excluding hydrogens is 396 g/mol. The highest BCUT2D eigenvalue weighted by molar-refractivity contribution is 7.89. The molecule has 4 aliphatic rings. The smallest absolute Gasteiger partial charge is 0.266 e. The third-order valence-corrected chi connectivity index (χ3v) is 9.11. The molecule has 2 aliphatic carbocycles. The number of nitrogens with zero attached hydrogens (tertiary/aromatic N) is 4. The lowest BCUT2D eigenvalue weighted by molar-refractivity contribution is 0.0833. The summed E-state index contributed by atoms with van der Waals surface area (Å²) in [6, 6.07) is 8.29. The van der Waals surface area contributed by atoms with Crippen molar-refractivity contribution >= 4 is 16.0 Å². The number of aliphatic imine (C=N–C) groups is 1. The highest BCUT2D eigenvalue weighted by atomic mass is 32.2.